The quantitative estimate of drug-likeness (QED) is 0.691. The molecule has 0 saturated heterocycles. The predicted molar refractivity (Wildman–Crippen MR) is 69.4 cm³/mol. The van der Waals surface area contributed by atoms with Crippen LogP contribution < -0.4 is 0 Å². The minimum atomic E-state index is -0.316. The first kappa shape index (κ1) is 13.0. The van der Waals surface area contributed by atoms with Crippen LogP contribution in [0.5, 0.6) is 0 Å². The van der Waals surface area contributed by atoms with Crippen LogP contribution in [0.15, 0.2) is 42.5 Å². The number of aliphatic hydroxyl groups excluding tert-OH is 1. The molecule has 0 heterocycles. The fraction of sp³-hybridized carbons (Fsp3) is 0.467. The van der Waals surface area contributed by atoms with E-state index in [1.54, 1.807) is 0 Å². The number of unbranched alkanes of at least 4 members (excludes halogenated alkanes) is 1. The van der Waals surface area contributed by atoms with Gasteiger partial charge in [-0.15, -0.1) is 0 Å². The van der Waals surface area contributed by atoms with Crippen LogP contribution in [0.25, 0.3) is 0 Å². The summed E-state index contributed by atoms with van der Waals surface area (Å²) in [5, 5.41) is 9.83. The summed E-state index contributed by atoms with van der Waals surface area (Å²) in [5.74, 6) is 0. The summed E-state index contributed by atoms with van der Waals surface area (Å²) >= 11 is 0. The Morgan fingerprint density at radius 3 is 2.62 bits per heavy atom. The molecule has 0 aliphatic rings. The van der Waals surface area contributed by atoms with Crippen molar-refractivity contribution in [3.8, 4) is 0 Å². The van der Waals surface area contributed by atoms with E-state index in [0.29, 0.717) is 0 Å². The monoisotopic (exact) mass is 218 g/mol. The summed E-state index contributed by atoms with van der Waals surface area (Å²) in [4.78, 5) is 0. The van der Waals surface area contributed by atoms with Crippen molar-refractivity contribution in [2.45, 2.75) is 45.1 Å². The lowest BCUT2D eigenvalue weighted by atomic mass is 9.99. The zero-order valence-corrected chi connectivity index (χ0v) is 10.2. The zero-order valence-electron chi connectivity index (χ0n) is 10.2. The minimum absolute atomic E-state index is 0.316. The van der Waals surface area contributed by atoms with Crippen molar-refractivity contribution in [3.63, 3.8) is 0 Å². The molecule has 1 aromatic carbocycles. The molecule has 16 heavy (non-hydrogen) atoms. The Balaban J connectivity index is 2.29. The maximum absolute atomic E-state index is 9.83. The number of aryl methyl sites for hydroxylation is 1. The van der Waals surface area contributed by atoms with E-state index in [0.717, 1.165) is 37.7 Å². The molecule has 1 nitrogen and oxygen atoms in total. The molecule has 1 aromatic rings. The van der Waals surface area contributed by atoms with Crippen molar-refractivity contribution < 1.29 is 5.11 Å². The van der Waals surface area contributed by atoms with Crippen LogP contribution in [0.3, 0.4) is 0 Å². The largest absolute Gasteiger partial charge is 0.389 e. The minimum Gasteiger partial charge on any atom is -0.389 e. The molecular formula is C15H22O. The highest BCUT2D eigenvalue weighted by Crippen LogP contribution is 2.14. The number of benzene rings is 1. The molecule has 88 valence electrons. The van der Waals surface area contributed by atoms with Crippen LogP contribution >= 0.6 is 0 Å². The van der Waals surface area contributed by atoms with Crippen LogP contribution in [0.2, 0.25) is 0 Å². The Bertz CT molecular complexity index is 302. The Hall–Kier alpha value is -1.08. The topological polar surface area (TPSA) is 20.2 Å². The summed E-state index contributed by atoms with van der Waals surface area (Å²) in [6.07, 6.45) is 4.60. The molecule has 0 spiro atoms. The van der Waals surface area contributed by atoms with Gasteiger partial charge >= 0.3 is 0 Å². The summed E-state index contributed by atoms with van der Waals surface area (Å²) in [7, 11) is 0. The van der Waals surface area contributed by atoms with Crippen LogP contribution in [0.4, 0.5) is 0 Å². The van der Waals surface area contributed by atoms with E-state index in [2.05, 4.69) is 25.6 Å². The molecule has 0 bridgehead atoms. The van der Waals surface area contributed by atoms with E-state index in [-0.39, 0.29) is 6.10 Å². The van der Waals surface area contributed by atoms with Crippen LogP contribution in [0, 0.1) is 0 Å². The molecule has 1 atom stereocenters. The smallest absolute Gasteiger partial charge is 0.0747 e. The summed E-state index contributed by atoms with van der Waals surface area (Å²) in [6, 6.07) is 10.4. The van der Waals surface area contributed by atoms with Gasteiger partial charge in [-0.1, -0.05) is 56.7 Å². The Morgan fingerprint density at radius 1 is 1.31 bits per heavy atom. The molecule has 0 aliphatic heterocycles. The van der Waals surface area contributed by atoms with Crippen molar-refractivity contribution in [2.75, 3.05) is 0 Å². The van der Waals surface area contributed by atoms with Gasteiger partial charge in [0.2, 0.25) is 0 Å². The number of hydrogen-bond acceptors (Lipinski definition) is 1. The third kappa shape index (κ3) is 4.63. The fourth-order valence-corrected chi connectivity index (χ4v) is 1.72. The molecule has 1 N–H and O–H groups in total. The summed E-state index contributed by atoms with van der Waals surface area (Å²) in [5.41, 5.74) is 2.28. The Morgan fingerprint density at radius 2 is 2.00 bits per heavy atom. The van der Waals surface area contributed by atoms with Gasteiger partial charge in [0.05, 0.1) is 6.10 Å². The first-order chi connectivity index (χ1) is 7.74. The second-order valence-corrected chi connectivity index (χ2v) is 4.30. The zero-order chi connectivity index (χ0) is 11.8. The molecule has 1 unspecified atom stereocenters. The average Bonchev–Trinajstić information content (AvgIpc) is 2.34. The lowest BCUT2D eigenvalue weighted by molar-refractivity contribution is 0.193. The van der Waals surface area contributed by atoms with Crippen LogP contribution in [0.1, 0.15) is 38.2 Å². The van der Waals surface area contributed by atoms with E-state index < -0.39 is 0 Å². The van der Waals surface area contributed by atoms with Gasteiger partial charge in [-0.05, 0) is 30.4 Å². The summed E-state index contributed by atoms with van der Waals surface area (Å²) < 4.78 is 0. The van der Waals surface area contributed by atoms with E-state index in [1.807, 2.05) is 18.2 Å². The Kier molecular flexibility index (Phi) is 5.87. The molecule has 0 aliphatic carbocycles. The van der Waals surface area contributed by atoms with Gasteiger partial charge in [0.1, 0.15) is 0 Å². The predicted octanol–water partition coefficient (Wildman–Crippen LogP) is 3.73. The molecule has 0 fully saturated rings. The van der Waals surface area contributed by atoms with Gasteiger partial charge in [0.15, 0.2) is 0 Å². The molecule has 1 heteroatoms. The maximum Gasteiger partial charge on any atom is 0.0747 e. The second-order valence-electron chi connectivity index (χ2n) is 4.30. The van der Waals surface area contributed by atoms with Gasteiger partial charge in [-0.25, -0.2) is 0 Å². The lowest BCUT2D eigenvalue weighted by Crippen LogP contribution is -2.09. The highest BCUT2D eigenvalue weighted by atomic mass is 16.3. The number of rotatable bonds is 7. The SMILES string of the molecule is C=C(CCc1ccccc1)C(O)CCCC. The maximum atomic E-state index is 9.83. The van der Waals surface area contributed by atoms with Crippen molar-refractivity contribution in [2.24, 2.45) is 0 Å². The highest BCUT2D eigenvalue weighted by Gasteiger charge is 2.07. The highest BCUT2D eigenvalue weighted by molar-refractivity contribution is 5.16. The standard InChI is InChI=1S/C15H22O/c1-3-4-10-15(16)13(2)11-12-14-8-6-5-7-9-14/h5-9,15-16H,2-4,10-12H2,1H3. The van der Waals surface area contributed by atoms with E-state index >= 15 is 0 Å². The first-order valence-corrected chi connectivity index (χ1v) is 6.13. The van der Waals surface area contributed by atoms with E-state index in [1.165, 1.54) is 5.56 Å². The molecule has 0 aromatic heterocycles. The molecular weight excluding hydrogens is 196 g/mol. The van der Waals surface area contributed by atoms with Crippen molar-refractivity contribution >= 4 is 0 Å². The third-order valence-corrected chi connectivity index (χ3v) is 2.88. The van der Waals surface area contributed by atoms with Crippen LogP contribution in [-0.2, 0) is 6.42 Å². The normalized spacial score (nSPS) is 12.4. The van der Waals surface area contributed by atoms with Gasteiger partial charge < -0.3 is 5.11 Å². The van der Waals surface area contributed by atoms with E-state index in [9.17, 15) is 5.11 Å². The van der Waals surface area contributed by atoms with Gasteiger partial charge in [0.25, 0.3) is 0 Å². The van der Waals surface area contributed by atoms with Gasteiger partial charge in [-0.2, -0.15) is 0 Å². The molecule has 0 amide bonds. The van der Waals surface area contributed by atoms with Gasteiger partial charge in [-0.3, -0.25) is 0 Å². The van der Waals surface area contributed by atoms with Crippen molar-refractivity contribution in [1.29, 1.82) is 0 Å². The van der Waals surface area contributed by atoms with E-state index in [4.69, 9.17) is 0 Å². The third-order valence-electron chi connectivity index (χ3n) is 2.88. The van der Waals surface area contributed by atoms with Crippen LogP contribution in [-0.4, -0.2) is 11.2 Å². The molecule has 0 saturated carbocycles. The van der Waals surface area contributed by atoms with Crippen molar-refractivity contribution in [3.05, 3.63) is 48.0 Å². The summed E-state index contributed by atoms with van der Waals surface area (Å²) in [6.45, 7) is 6.11. The second kappa shape index (κ2) is 7.24. The first-order valence-electron chi connectivity index (χ1n) is 6.13. The van der Waals surface area contributed by atoms with Crippen molar-refractivity contribution in [1.82, 2.24) is 0 Å². The Labute approximate surface area is 98.8 Å². The van der Waals surface area contributed by atoms with Gasteiger partial charge in [0, 0.05) is 0 Å². The average molecular weight is 218 g/mol. The molecule has 1 rings (SSSR count). The fourth-order valence-electron chi connectivity index (χ4n) is 1.72. The lowest BCUT2D eigenvalue weighted by Gasteiger charge is -2.13. The molecule has 0 radical (unpaired) electrons. The number of hydrogen-bond donors (Lipinski definition) is 1. The number of aliphatic hydroxyl groups is 1.